The second kappa shape index (κ2) is 3.36. The molecule has 0 saturated heterocycles. The van der Waals surface area contributed by atoms with Crippen LogP contribution in [-0.4, -0.2) is 5.78 Å². The number of carbonyl (C=O) groups is 1. The maximum atomic E-state index is 12.4. The summed E-state index contributed by atoms with van der Waals surface area (Å²) in [5, 5.41) is 0. The van der Waals surface area contributed by atoms with E-state index >= 15 is 0 Å². The Balaban J connectivity index is 3.02. The molecular weight excluding hydrogens is 172 g/mol. The van der Waals surface area contributed by atoms with Crippen molar-refractivity contribution in [3.05, 3.63) is 0 Å². The van der Waals surface area contributed by atoms with Gasteiger partial charge < -0.3 is 0 Å². The summed E-state index contributed by atoms with van der Waals surface area (Å²) in [5.41, 5.74) is -0.215. The van der Waals surface area contributed by atoms with Crippen LogP contribution in [0.1, 0.15) is 54.4 Å². The molecule has 0 heterocycles. The van der Waals surface area contributed by atoms with Crippen LogP contribution in [0.3, 0.4) is 0 Å². The fourth-order valence-corrected chi connectivity index (χ4v) is 2.50. The van der Waals surface area contributed by atoms with Gasteiger partial charge in [-0.3, -0.25) is 4.79 Å². The SMILES string of the molecule is CC(C)C1(C)CC[C@H](C)C(C)(C)C1=O. The highest BCUT2D eigenvalue weighted by atomic mass is 16.1. The summed E-state index contributed by atoms with van der Waals surface area (Å²) in [6, 6.07) is 0. The highest BCUT2D eigenvalue weighted by molar-refractivity contribution is 5.90. The predicted molar refractivity (Wildman–Crippen MR) is 60.1 cm³/mol. The van der Waals surface area contributed by atoms with E-state index in [4.69, 9.17) is 0 Å². The van der Waals surface area contributed by atoms with Crippen LogP contribution >= 0.6 is 0 Å². The maximum absolute atomic E-state index is 12.4. The molecule has 0 aromatic rings. The topological polar surface area (TPSA) is 17.1 Å². The van der Waals surface area contributed by atoms with Crippen molar-refractivity contribution in [1.82, 2.24) is 0 Å². The lowest BCUT2D eigenvalue weighted by atomic mass is 9.55. The van der Waals surface area contributed by atoms with Gasteiger partial charge in [-0.2, -0.15) is 0 Å². The minimum atomic E-state index is -0.128. The molecule has 0 N–H and O–H groups in total. The van der Waals surface area contributed by atoms with Crippen molar-refractivity contribution in [2.75, 3.05) is 0 Å². The number of ketones is 1. The van der Waals surface area contributed by atoms with Gasteiger partial charge in [0.05, 0.1) is 0 Å². The molecule has 1 rings (SSSR count). The Morgan fingerprint density at radius 1 is 1.29 bits per heavy atom. The first-order valence-corrected chi connectivity index (χ1v) is 5.78. The first-order valence-electron chi connectivity index (χ1n) is 5.78. The van der Waals surface area contributed by atoms with E-state index in [1.54, 1.807) is 0 Å². The van der Waals surface area contributed by atoms with Crippen LogP contribution in [0, 0.1) is 22.7 Å². The second-order valence-corrected chi connectivity index (χ2v) is 6.06. The van der Waals surface area contributed by atoms with Crippen molar-refractivity contribution in [2.45, 2.75) is 54.4 Å². The lowest BCUT2D eigenvalue weighted by Gasteiger charge is -2.47. The highest BCUT2D eigenvalue weighted by Crippen LogP contribution is 2.49. The van der Waals surface area contributed by atoms with Gasteiger partial charge >= 0.3 is 0 Å². The molecule has 1 heteroatoms. The van der Waals surface area contributed by atoms with Gasteiger partial charge in [-0.25, -0.2) is 0 Å². The van der Waals surface area contributed by atoms with Crippen molar-refractivity contribution in [1.29, 1.82) is 0 Å². The van der Waals surface area contributed by atoms with Gasteiger partial charge in [0.1, 0.15) is 5.78 Å². The molecule has 1 unspecified atom stereocenters. The van der Waals surface area contributed by atoms with Crippen LogP contribution in [-0.2, 0) is 4.79 Å². The Labute approximate surface area is 88.3 Å². The van der Waals surface area contributed by atoms with Crippen molar-refractivity contribution in [3.8, 4) is 0 Å². The monoisotopic (exact) mass is 196 g/mol. The number of hydrogen-bond donors (Lipinski definition) is 0. The number of hydrogen-bond acceptors (Lipinski definition) is 1. The Morgan fingerprint density at radius 3 is 2.21 bits per heavy atom. The summed E-state index contributed by atoms with van der Waals surface area (Å²) in [7, 11) is 0. The van der Waals surface area contributed by atoms with E-state index in [9.17, 15) is 4.79 Å². The maximum Gasteiger partial charge on any atom is 0.144 e. The molecule has 0 radical (unpaired) electrons. The van der Waals surface area contributed by atoms with Crippen LogP contribution in [0.15, 0.2) is 0 Å². The summed E-state index contributed by atoms with van der Waals surface area (Å²) in [4.78, 5) is 12.4. The van der Waals surface area contributed by atoms with E-state index in [2.05, 4.69) is 41.5 Å². The molecule has 1 fully saturated rings. The first kappa shape index (κ1) is 11.7. The molecule has 0 spiro atoms. The quantitative estimate of drug-likeness (QED) is 0.625. The molecule has 0 aromatic carbocycles. The molecule has 2 atom stereocenters. The second-order valence-electron chi connectivity index (χ2n) is 6.06. The molecule has 14 heavy (non-hydrogen) atoms. The third-order valence-electron chi connectivity index (χ3n) is 4.71. The van der Waals surface area contributed by atoms with Crippen molar-refractivity contribution in [3.63, 3.8) is 0 Å². The van der Waals surface area contributed by atoms with Crippen molar-refractivity contribution >= 4 is 5.78 Å². The molecule has 1 aliphatic rings. The van der Waals surface area contributed by atoms with Gasteiger partial charge in [0.2, 0.25) is 0 Å². The number of carbonyl (C=O) groups excluding carboxylic acids is 1. The standard InChI is InChI=1S/C13H24O/c1-9(2)13(6)8-7-10(3)12(4,5)11(13)14/h9-10H,7-8H2,1-6H3/t10-,13?/m0/s1. The summed E-state index contributed by atoms with van der Waals surface area (Å²) < 4.78 is 0. The van der Waals surface area contributed by atoms with Crippen LogP contribution in [0.2, 0.25) is 0 Å². The smallest absolute Gasteiger partial charge is 0.144 e. The lowest BCUT2D eigenvalue weighted by molar-refractivity contribution is -0.147. The Morgan fingerprint density at radius 2 is 1.79 bits per heavy atom. The van der Waals surface area contributed by atoms with E-state index in [0.29, 0.717) is 17.6 Å². The highest BCUT2D eigenvalue weighted by Gasteiger charge is 2.50. The third-order valence-corrected chi connectivity index (χ3v) is 4.71. The largest absolute Gasteiger partial charge is 0.298 e. The summed E-state index contributed by atoms with van der Waals surface area (Å²) >= 11 is 0. The fraction of sp³-hybridized carbons (Fsp3) is 0.923. The Bertz CT molecular complexity index is 240. The molecule has 0 aliphatic heterocycles. The molecule has 0 bridgehead atoms. The molecule has 1 nitrogen and oxygen atoms in total. The van der Waals surface area contributed by atoms with Gasteiger partial charge in [0.15, 0.2) is 0 Å². The van der Waals surface area contributed by atoms with E-state index in [-0.39, 0.29) is 10.8 Å². The van der Waals surface area contributed by atoms with Gasteiger partial charge in [-0.15, -0.1) is 0 Å². The van der Waals surface area contributed by atoms with E-state index in [1.165, 1.54) is 6.42 Å². The third kappa shape index (κ3) is 1.51. The van der Waals surface area contributed by atoms with Gasteiger partial charge in [-0.05, 0) is 24.7 Å². The number of rotatable bonds is 1. The molecule has 1 aliphatic carbocycles. The molecular formula is C13H24O. The summed E-state index contributed by atoms with van der Waals surface area (Å²) in [6.07, 6.45) is 2.25. The van der Waals surface area contributed by atoms with Crippen molar-refractivity contribution < 1.29 is 4.79 Å². The van der Waals surface area contributed by atoms with Crippen molar-refractivity contribution in [2.24, 2.45) is 22.7 Å². The summed E-state index contributed by atoms with van der Waals surface area (Å²) in [6.45, 7) is 12.9. The minimum Gasteiger partial charge on any atom is -0.298 e. The van der Waals surface area contributed by atoms with Gasteiger partial charge in [0.25, 0.3) is 0 Å². The zero-order valence-electron chi connectivity index (χ0n) is 10.5. The zero-order chi connectivity index (χ0) is 11.1. The average Bonchev–Trinajstić information content (AvgIpc) is 2.09. The molecule has 0 aromatic heterocycles. The van der Waals surface area contributed by atoms with Crippen LogP contribution in [0.25, 0.3) is 0 Å². The van der Waals surface area contributed by atoms with Gasteiger partial charge in [0, 0.05) is 10.8 Å². The van der Waals surface area contributed by atoms with E-state index < -0.39 is 0 Å². The summed E-state index contributed by atoms with van der Waals surface area (Å²) in [5.74, 6) is 1.46. The zero-order valence-corrected chi connectivity index (χ0v) is 10.5. The normalized spacial score (nSPS) is 37.6. The fourth-order valence-electron chi connectivity index (χ4n) is 2.50. The average molecular weight is 196 g/mol. The van der Waals surface area contributed by atoms with E-state index in [0.717, 1.165) is 6.42 Å². The molecule has 0 amide bonds. The van der Waals surface area contributed by atoms with E-state index in [1.807, 2.05) is 0 Å². The lowest BCUT2D eigenvalue weighted by Crippen LogP contribution is -2.49. The predicted octanol–water partition coefficient (Wildman–Crippen LogP) is 3.67. The van der Waals surface area contributed by atoms with Crippen LogP contribution < -0.4 is 0 Å². The first-order chi connectivity index (χ1) is 6.23. The Hall–Kier alpha value is -0.330. The minimum absolute atomic E-state index is 0.0873. The Kier molecular flexibility index (Phi) is 2.82. The number of Topliss-reactive ketones (excluding diaryl/α,β-unsaturated/α-hetero) is 1. The molecule has 1 saturated carbocycles. The van der Waals surface area contributed by atoms with Crippen LogP contribution in [0.5, 0.6) is 0 Å². The van der Waals surface area contributed by atoms with Gasteiger partial charge in [-0.1, -0.05) is 41.5 Å². The van der Waals surface area contributed by atoms with Crippen LogP contribution in [0.4, 0.5) is 0 Å². The molecule has 82 valence electrons.